The molecule has 0 spiro atoms. The fourth-order valence-corrected chi connectivity index (χ4v) is 3.13. The van der Waals surface area contributed by atoms with Crippen LogP contribution in [-0.4, -0.2) is 27.5 Å². The molecule has 0 atom stereocenters. The first-order valence-corrected chi connectivity index (χ1v) is 9.83. The zero-order valence-corrected chi connectivity index (χ0v) is 17.2. The van der Waals surface area contributed by atoms with E-state index in [1.807, 2.05) is 37.3 Å². The number of fused-ring (bicyclic) bond motifs is 1. The Morgan fingerprint density at radius 1 is 1.00 bits per heavy atom. The lowest BCUT2D eigenvalue weighted by Crippen LogP contribution is -2.06. The number of hydrogen-bond donors (Lipinski definition) is 3. The van der Waals surface area contributed by atoms with Crippen molar-refractivity contribution in [1.29, 1.82) is 0 Å². The number of aryl methyl sites for hydroxylation is 1. The largest absolute Gasteiger partial charge is 0.462 e. The third-order valence-electron chi connectivity index (χ3n) is 4.67. The molecule has 8 nitrogen and oxygen atoms in total. The topological polar surface area (TPSA) is 115 Å². The van der Waals surface area contributed by atoms with E-state index in [-0.39, 0.29) is 5.97 Å². The van der Waals surface area contributed by atoms with Crippen molar-refractivity contribution in [3.8, 4) is 0 Å². The second kappa shape index (κ2) is 8.66. The SMILES string of the molecule is CCOC(=O)c1ccc(Nc2ncnc(Nc3cccc4nc(C)ccc34)c2N)cc1. The summed E-state index contributed by atoms with van der Waals surface area (Å²) in [5.74, 6) is 0.575. The van der Waals surface area contributed by atoms with Crippen LogP contribution in [0.5, 0.6) is 0 Å². The second-order valence-electron chi connectivity index (χ2n) is 6.86. The third-order valence-corrected chi connectivity index (χ3v) is 4.67. The van der Waals surface area contributed by atoms with E-state index >= 15 is 0 Å². The normalized spacial score (nSPS) is 10.6. The number of carbonyl (C=O) groups excluding carboxylic acids is 1. The van der Waals surface area contributed by atoms with Gasteiger partial charge < -0.3 is 21.1 Å². The van der Waals surface area contributed by atoms with Gasteiger partial charge in [-0.15, -0.1) is 0 Å². The molecule has 4 N–H and O–H groups in total. The van der Waals surface area contributed by atoms with Crippen LogP contribution in [0.1, 0.15) is 23.0 Å². The van der Waals surface area contributed by atoms with E-state index in [1.54, 1.807) is 31.2 Å². The van der Waals surface area contributed by atoms with Crippen molar-refractivity contribution in [2.24, 2.45) is 0 Å². The number of anilines is 5. The molecule has 4 aromatic rings. The molecule has 0 unspecified atom stereocenters. The summed E-state index contributed by atoms with van der Waals surface area (Å²) in [6.45, 7) is 4.06. The monoisotopic (exact) mass is 414 g/mol. The Hall–Kier alpha value is -4.20. The lowest BCUT2D eigenvalue weighted by Gasteiger charge is -2.14. The molecule has 8 heteroatoms. The molecule has 0 fully saturated rings. The number of hydrogen-bond acceptors (Lipinski definition) is 8. The summed E-state index contributed by atoms with van der Waals surface area (Å²) in [4.78, 5) is 24.9. The lowest BCUT2D eigenvalue weighted by atomic mass is 10.1. The minimum Gasteiger partial charge on any atom is -0.462 e. The fraction of sp³-hybridized carbons (Fsp3) is 0.130. The summed E-state index contributed by atoms with van der Waals surface area (Å²) >= 11 is 0. The summed E-state index contributed by atoms with van der Waals surface area (Å²) in [5.41, 5.74) is 10.6. The van der Waals surface area contributed by atoms with E-state index < -0.39 is 0 Å². The van der Waals surface area contributed by atoms with Gasteiger partial charge in [-0.2, -0.15) is 0 Å². The highest BCUT2D eigenvalue weighted by molar-refractivity contribution is 5.94. The molecular weight excluding hydrogens is 392 g/mol. The van der Waals surface area contributed by atoms with E-state index in [1.165, 1.54) is 6.33 Å². The summed E-state index contributed by atoms with van der Waals surface area (Å²) in [6.07, 6.45) is 1.43. The van der Waals surface area contributed by atoms with Crippen LogP contribution in [0.4, 0.5) is 28.7 Å². The van der Waals surface area contributed by atoms with Crippen molar-refractivity contribution in [3.05, 3.63) is 72.2 Å². The molecule has 0 bridgehead atoms. The number of carbonyl (C=O) groups is 1. The number of ether oxygens (including phenoxy) is 1. The molecular formula is C23H22N6O2. The summed E-state index contributed by atoms with van der Waals surface area (Å²) < 4.78 is 5.00. The van der Waals surface area contributed by atoms with Crippen LogP contribution in [0, 0.1) is 6.92 Å². The number of nitrogen functional groups attached to an aromatic ring is 1. The molecule has 0 saturated carbocycles. The van der Waals surface area contributed by atoms with E-state index in [2.05, 4.69) is 25.6 Å². The number of esters is 1. The van der Waals surface area contributed by atoms with Crippen molar-refractivity contribution in [2.45, 2.75) is 13.8 Å². The van der Waals surface area contributed by atoms with E-state index in [0.717, 1.165) is 28.0 Å². The number of nitrogens with zero attached hydrogens (tertiary/aromatic N) is 3. The smallest absolute Gasteiger partial charge is 0.338 e. The molecule has 0 aliphatic heterocycles. The Bertz CT molecular complexity index is 1240. The first-order chi connectivity index (χ1) is 15.0. The van der Waals surface area contributed by atoms with Gasteiger partial charge in [-0.25, -0.2) is 14.8 Å². The first kappa shape index (κ1) is 20.1. The fourth-order valence-electron chi connectivity index (χ4n) is 3.13. The molecule has 0 amide bonds. The average molecular weight is 414 g/mol. The Kier molecular flexibility index (Phi) is 5.61. The molecule has 2 heterocycles. The van der Waals surface area contributed by atoms with Crippen molar-refractivity contribution in [1.82, 2.24) is 15.0 Å². The number of nitrogens with two attached hydrogens (primary N) is 1. The summed E-state index contributed by atoms with van der Waals surface area (Å²) in [7, 11) is 0. The maximum atomic E-state index is 11.8. The van der Waals surface area contributed by atoms with Gasteiger partial charge in [0.2, 0.25) is 0 Å². The van der Waals surface area contributed by atoms with E-state index in [4.69, 9.17) is 10.5 Å². The minimum atomic E-state index is -0.359. The first-order valence-electron chi connectivity index (χ1n) is 9.83. The number of aromatic nitrogens is 3. The van der Waals surface area contributed by atoms with Crippen molar-refractivity contribution in [3.63, 3.8) is 0 Å². The van der Waals surface area contributed by atoms with Crippen LogP contribution in [-0.2, 0) is 4.74 Å². The van der Waals surface area contributed by atoms with E-state index in [0.29, 0.717) is 29.5 Å². The Labute approximate surface area is 179 Å². The van der Waals surface area contributed by atoms with Gasteiger partial charge in [-0.3, -0.25) is 4.98 Å². The number of nitrogens with one attached hydrogen (secondary N) is 2. The van der Waals surface area contributed by atoms with Gasteiger partial charge in [0.05, 0.1) is 17.7 Å². The number of benzene rings is 2. The van der Waals surface area contributed by atoms with Gasteiger partial charge in [0, 0.05) is 22.5 Å². The van der Waals surface area contributed by atoms with Crippen LogP contribution < -0.4 is 16.4 Å². The Morgan fingerprint density at radius 3 is 2.48 bits per heavy atom. The molecule has 0 aliphatic rings. The predicted octanol–water partition coefficient (Wildman–Crippen LogP) is 4.58. The molecule has 0 radical (unpaired) electrons. The van der Waals surface area contributed by atoms with Gasteiger partial charge in [0.15, 0.2) is 11.6 Å². The van der Waals surface area contributed by atoms with Crippen molar-refractivity contribution in [2.75, 3.05) is 23.0 Å². The van der Waals surface area contributed by atoms with Gasteiger partial charge in [-0.05, 0) is 62.4 Å². The molecule has 4 rings (SSSR count). The molecule has 2 aromatic heterocycles. The van der Waals surface area contributed by atoms with Crippen LogP contribution in [0.2, 0.25) is 0 Å². The zero-order valence-electron chi connectivity index (χ0n) is 17.2. The third kappa shape index (κ3) is 4.37. The predicted molar refractivity (Wildman–Crippen MR) is 122 cm³/mol. The van der Waals surface area contributed by atoms with Crippen molar-refractivity contribution >= 4 is 45.6 Å². The Morgan fingerprint density at radius 2 is 1.74 bits per heavy atom. The Balaban J connectivity index is 1.57. The van der Waals surface area contributed by atoms with Gasteiger partial charge in [0.1, 0.15) is 12.0 Å². The van der Waals surface area contributed by atoms with Crippen LogP contribution in [0.25, 0.3) is 10.9 Å². The second-order valence-corrected chi connectivity index (χ2v) is 6.86. The maximum absolute atomic E-state index is 11.8. The van der Waals surface area contributed by atoms with Crippen molar-refractivity contribution < 1.29 is 9.53 Å². The molecule has 0 aliphatic carbocycles. The summed E-state index contributed by atoms with van der Waals surface area (Å²) in [6, 6.07) is 16.7. The molecule has 2 aromatic carbocycles. The van der Waals surface area contributed by atoms with Crippen LogP contribution in [0.3, 0.4) is 0 Å². The van der Waals surface area contributed by atoms with Gasteiger partial charge in [0.25, 0.3) is 0 Å². The van der Waals surface area contributed by atoms with E-state index in [9.17, 15) is 4.79 Å². The molecule has 31 heavy (non-hydrogen) atoms. The van der Waals surface area contributed by atoms with Gasteiger partial charge in [-0.1, -0.05) is 6.07 Å². The highest BCUT2D eigenvalue weighted by Crippen LogP contribution is 2.31. The van der Waals surface area contributed by atoms with Crippen LogP contribution in [0.15, 0.2) is 60.9 Å². The average Bonchev–Trinajstić information content (AvgIpc) is 2.77. The minimum absolute atomic E-state index is 0.332. The zero-order chi connectivity index (χ0) is 21.8. The number of pyridine rings is 1. The maximum Gasteiger partial charge on any atom is 0.338 e. The quantitative estimate of drug-likeness (QED) is 0.393. The summed E-state index contributed by atoms with van der Waals surface area (Å²) in [5, 5.41) is 7.41. The molecule has 156 valence electrons. The highest BCUT2D eigenvalue weighted by atomic mass is 16.5. The highest BCUT2D eigenvalue weighted by Gasteiger charge is 2.11. The van der Waals surface area contributed by atoms with Crippen LogP contribution >= 0.6 is 0 Å². The lowest BCUT2D eigenvalue weighted by molar-refractivity contribution is 0.0526. The molecule has 0 saturated heterocycles. The standard InChI is InChI=1S/C23H22N6O2/c1-3-31-23(30)15-8-10-16(11-9-15)28-21-20(24)22(26-13-25-21)29-19-6-4-5-18-17(19)12-7-14(2)27-18/h4-13H,3,24H2,1-2H3,(H2,25,26,28,29). The van der Waals surface area contributed by atoms with Gasteiger partial charge >= 0.3 is 5.97 Å². The number of rotatable bonds is 6.